The number of hydrogen-bond acceptors (Lipinski definition) is 4. The first-order valence-electron chi connectivity index (χ1n) is 12.2. The third-order valence-electron chi connectivity index (χ3n) is 6.63. The number of carbonyl (C=O) groups is 2. The number of carbonyl (C=O) groups excluding carboxylic acids is 2. The van der Waals surface area contributed by atoms with Crippen LogP contribution in [0.15, 0.2) is 36.4 Å². The second-order valence-electron chi connectivity index (χ2n) is 9.35. The molecule has 37 heavy (non-hydrogen) atoms. The minimum absolute atomic E-state index is 0.0316. The third kappa shape index (κ3) is 7.53. The monoisotopic (exact) mass is 587 g/mol. The lowest BCUT2D eigenvalue weighted by molar-refractivity contribution is -0.140. The number of halogens is 3. The van der Waals surface area contributed by atoms with Crippen molar-refractivity contribution in [2.45, 2.75) is 64.6 Å². The Balaban J connectivity index is 1.98. The Bertz CT molecular complexity index is 1250. The summed E-state index contributed by atoms with van der Waals surface area (Å²) < 4.78 is 26.5. The van der Waals surface area contributed by atoms with Crippen molar-refractivity contribution >= 4 is 62.3 Å². The summed E-state index contributed by atoms with van der Waals surface area (Å²) in [6, 6.07) is 9.53. The molecule has 7 nitrogen and oxygen atoms in total. The molecule has 3 rings (SSSR count). The first-order chi connectivity index (χ1) is 17.4. The smallest absolute Gasteiger partial charge is 0.244 e. The van der Waals surface area contributed by atoms with Crippen molar-refractivity contribution in [3.05, 3.63) is 62.6 Å². The van der Waals surface area contributed by atoms with Crippen molar-refractivity contribution < 1.29 is 18.0 Å². The lowest BCUT2D eigenvalue weighted by Gasteiger charge is -2.34. The van der Waals surface area contributed by atoms with Crippen LogP contribution in [0.4, 0.5) is 5.69 Å². The molecule has 1 aliphatic carbocycles. The molecule has 0 aromatic heterocycles. The van der Waals surface area contributed by atoms with Crippen LogP contribution in [0.25, 0.3) is 0 Å². The number of hydrogen-bond donors (Lipinski definition) is 1. The van der Waals surface area contributed by atoms with Crippen molar-refractivity contribution in [1.29, 1.82) is 0 Å². The molecule has 1 aliphatic rings. The number of nitrogens with zero attached hydrogens (tertiary/aromatic N) is 2. The van der Waals surface area contributed by atoms with E-state index in [4.69, 9.17) is 34.8 Å². The second kappa shape index (κ2) is 12.7. The molecule has 2 amide bonds. The molecule has 1 fully saturated rings. The SMILES string of the molecule is CC[C@H](C(=O)NC1CCCC1)N(Cc1ccccc1C)C(=O)CN(c1cc(Cl)c(Cl)cc1Cl)S(C)(=O)=O. The second-order valence-corrected chi connectivity index (χ2v) is 12.5. The van der Waals surface area contributed by atoms with Gasteiger partial charge in [0.05, 0.1) is 27.0 Å². The van der Waals surface area contributed by atoms with Gasteiger partial charge >= 0.3 is 0 Å². The molecule has 0 saturated heterocycles. The zero-order valence-electron chi connectivity index (χ0n) is 21.1. The molecule has 2 aromatic carbocycles. The van der Waals surface area contributed by atoms with Gasteiger partial charge in [-0.25, -0.2) is 8.42 Å². The van der Waals surface area contributed by atoms with Crippen LogP contribution in [0.5, 0.6) is 0 Å². The topological polar surface area (TPSA) is 86.8 Å². The number of benzene rings is 2. The number of sulfonamides is 1. The Labute approximate surface area is 234 Å². The van der Waals surface area contributed by atoms with Gasteiger partial charge in [-0.05, 0) is 49.4 Å². The van der Waals surface area contributed by atoms with Gasteiger partial charge in [0.2, 0.25) is 21.8 Å². The summed E-state index contributed by atoms with van der Waals surface area (Å²) in [5.74, 6) is -0.779. The Morgan fingerprint density at radius 1 is 1.05 bits per heavy atom. The summed E-state index contributed by atoms with van der Waals surface area (Å²) in [6.45, 7) is 3.35. The van der Waals surface area contributed by atoms with Crippen LogP contribution in [0.1, 0.15) is 50.2 Å². The first kappa shape index (κ1) is 29.6. The maximum atomic E-state index is 13.8. The normalized spacial score (nSPS) is 14.9. The van der Waals surface area contributed by atoms with E-state index in [1.165, 1.54) is 17.0 Å². The van der Waals surface area contributed by atoms with Crippen LogP contribution >= 0.6 is 34.8 Å². The first-order valence-corrected chi connectivity index (χ1v) is 15.2. The largest absolute Gasteiger partial charge is 0.352 e. The van der Waals surface area contributed by atoms with Crippen molar-refractivity contribution in [2.75, 3.05) is 17.1 Å². The predicted octanol–water partition coefficient (Wildman–Crippen LogP) is 5.59. The molecule has 0 spiro atoms. The van der Waals surface area contributed by atoms with Gasteiger partial charge in [0.25, 0.3) is 0 Å². The standard InChI is InChI=1S/C26H32Cl3N3O4S/c1-4-23(26(34)30-19-11-7-8-12-19)31(15-18-10-6-5-9-17(18)2)25(33)16-32(37(3,35)36)24-14-21(28)20(27)13-22(24)29/h5-6,9-10,13-14,19,23H,4,7-8,11-12,15-16H2,1-3H3,(H,30,34)/t23-/m1/s1. The average Bonchev–Trinajstić information content (AvgIpc) is 3.33. The molecule has 0 unspecified atom stereocenters. The molecule has 0 bridgehead atoms. The highest BCUT2D eigenvalue weighted by Gasteiger charge is 2.33. The van der Waals surface area contributed by atoms with E-state index < -0.39 is 28.5 Å². The number of rotatable bonds is 10. The van der Waals surface area contributed by atoms with Crippen molar-refractivity contribution in [2.24, 2.45) is 0 Å². The van der Waals surface area contributed by atoms with Crippen LogP contribution in [-0.4, -0.2) is 50.0 Å². The molecule has 0 radical (unpaired) electrons. The quantitative estimate of drug-likeness (QED) is 0.367. The summed E-state index contributed by atoms with van der Waals surface area (Å²) in [5, 5.41) is 3.37. The molecule has 1 N–H and O–H groups in total. The van der Waals surface area contributed by atoms with E-state index in [0.717, 1.165) is 47.4 Å². The number of aryl methyl sites for hydroxylation is 1. The fraction of sp³-hybridized carbons (Fsp3) is 0.462. The van der Waals surface area contributed by atoms with E-state index in [1.54, 1.807) is 0 Å². The van der Waals surface area contributed by atoms with Crippen LogP contribution in [0.3, 0.4) is 0 Å². The van der Waals surface area contributed by atoms with Gasteiger partial charge in [-0.1, -0.05) is 78.8 Å². The maximum absolute atomic E-state index is 13.8. The van der Waals surface area contributed by atoms with Crippen LogP contribution in [0, 0.1) is 6.92 Å². The predicted molar refractivity (Wildman–Crippen MR) is 150 cm³/mol. The molecule has 1 atom stereocenters. The van der Waals surface area contributed by atoms with E-state index in [0.29, 0.717) is 6.42 Å². The van der Waals surface area contributed by atoms with E-state index in [9.17, 15) is 18.0 Å². The van der Waals surface area contributed by atoms with Gasteiger partial charge < -0.3 is 10.2 Å². The lowest BCUT2D eigenvalue weighted by atomic mass is 10.1. The molecule has 202 valence electrons. The molecule has 2 aromatic rings. The Morgan fingerprint density at radius 2 is 1.68 bits per heavy atom. The zero-order valence-corrected chi connectivity index (χ0v) is 24.2. The average molecular weight is 589 g/mol. The van der Waals surface area contributed by atoms with Gasteiger partial charge in [-0.2, -0.15) is 0 Å². The summed E-state index contributed by atoms with van der Waals surface area (Å²) in [4.78, 5) is 28.6. The zero-order chi connectivity index (χ0) is 27.3. The maximum Gasteiger partial charge on any atom is 0.244 e. The minimum Gasteiger partial charge on any atom is -0.352 e. The third-order valence-corrected chi connectivity index (χ3v) is 8.78. The molecule has 1 saturated carbocycles. The summed E-state index contributed by atoms with van der Waals surface area (Å²) in [5.41, 5.74) is 1.85. The Kier molecular flexibility index (Phi) is 10.1. The summed E-state index contributed by atoms with van der Waals surface area (Å²) >= 11 is 18.5. The Morgan fingerprint density at radius 3 is 2.27 bits per heavy atom. The van der Waals surface area contributed by atoms with E-state index in [-0.39, 0.29) is 39.2 Å². The van der Waals surface area contributed by atoms with Gasteiger partial charge in [0.15, 0.2) is 0 Å². The number of anilines is 1. The Hall–Kier alpha value is -2.00. The van der Waals surface area contributed by atoms with Gasteiger partial charge in [-0.3, -0.25) is 13.9 Å². The molecule has 0 aliphatic heterocycles. The molecule has 11 heteroatoms. The molecule has 0 heterocycles. The van der Waals surface area contributed by atoms with E-state index in [1.807, 2.05) is 38.1 Å². The fourth-order valence-corrected chi connectivity index (χ4v) is 6.10. The minimum atomic E-state index is -3.95. The highest BCUT2D eigenvalue weighted by Crippen LogP contribution is 2.35. The number of nitrogens with one attached hydrogen (secondary N) is 1. The van der Waals surface area contributed by atoms with Crippen LogP contribution < -0.4 is 9.62 Å². The van der Waals surface area contributed by atoms with E-state index >= 15 is 0 Å². The van der Waals surface area contributed by atoms with Gasteiger partial charge in [-0.15, -0.1) is 0 Å². The van der Waals surface area contributed by atoms with E-state index in [2.05, 4.69) is 5.32 Å². The van der Waals surface area contributed by atoms with Crippen LogP contribution in [0.2, 0.25) is 15.1 Å². The van der Waals surface area contributed by atoms with Gasteiger partial charge in [0.1, 0.15) is 12.6 Å². The molecular weight excluding hydrogens is 557 g/mol. The fourth-order valence-electron chi connectivity index (χ4n) is 4.56. The highest BCUT2D eigenvalue weighted by molar-refractivity contribution is 7.92. The highest BCUT2D eigenvalue weighted by atomic mass is 35.5. The van der Waals surface area contributed by atoms with Crippen molar-refractivity contribution in [3.63, 3.8) is 0 Å². The van der Waals surface area contributed by atoms with Crippen molar-refractivity contribution in [3.8, 4) is 0 Å². The number of amides is 2. The van der Waals surface area contributed by atoms with Crippen LogP contribution in [-0.2, 0) is 26.2 Å². The summed E-state index contributed by atoms with van der Waals surface area (Å²) in [6.07, 6.45) is 5.28. The van der Waals surface area contributed by atoms with Crippen molar-refractivity contribution in [1.82, 2.24) is 10.2 Å². The van der Waals surface area contributed by atoms with Gasteiger partial charge in [0, 0.05) is 12.6 Å². The molecular formula is C26H32Cl3N3O4S. The lowest BCUT2D eigenvalue weighted by Crippen LogP contribution is -2.53. The summed E-state index contributed by atoms with van der Waals surface area (Å²) in [7, 11) is -3.95.